The fraction of sp³-hybridized carbons (Fsp3) is 0.560. The third-order valence-electron chi connectivity index (χ3n) is 24.3. The average Bonchev–Trinajstić information content (AvgIpc) is 1.42. The van der Waals surface area contributed by atoms with Crippen LogP contribution in [0.5, 0.6) is 28.7 Å². The van der Waals surface area contributed by atoms with Crippen molar-refractivity contribution in [1.82, 2.24) is 16.0 Å². The molecule has 137 heavy (non-hydrogen) atoms. The van der Waals surface area contributed by atoms with Gasteiger partial charge in [-0.05, 0) is 294 Å². The number of phenols is 3. The van der Waals surface area contributed by atoms with Gasteiger partial charge < -0.3 is 70.5 Å². The molecule has 0 saturated carbocycles. The third-order valence-corrected chi connectivity index (χ3v) is 26.1. The first-order chi connectivity index (χ1) is 61.9. The van der Waals surface area contributed by atoms with E-state index in [9.17, 15) is 34.8 Å². The van der Waals surface area contributed by atoms with Gasteiger partial charge in [-0.15, -0.1) is 0 Å². The number of methoxy groups -OCH3 is 1. The predicted molar refractivity (Wildman–Crippen MR) is 584 cm³/mol. The van der Waals surface area contributed by atoms with E-state index in [0.717, 1.165) is 90.2 Å². The number of aromatic carboxylic acids is 1. The molecule has 21 heteroatoms. The quantitative estimate of drug-likeness (QED) is 0.0223. The van der Waals surface area contributed by atoms with E-state index in [-0.39, 0.29) is 120 Å². The number of rotatable bonds is 13. The molecule has 10 N–H and O–H groups in total. The summed E-state index contributed by atoms with van der Waals surface area (Å²) < 4.78 is 23.9. The first-order valence-electron chi connectivity index (χ1n) is 47.9. The molecule has 7 aromatic carbocycles. The number of carbonyl (C=O) groups is 3. The van der Waals surface area contributed by atoms with Crippen LogP contribution in [-0.2, 0) is 81.3 Å². The second-order valence-corrected chi connectivity index (χ2v) is 52.0. The van der Waals surface area contributed by atoms with Crippen LogP contribution in [0.3, 0.4) is 0 Å². The van der Waals surface area contributed by atoms with Crippen molar-refractivity contribution >= 4 is 84.3 Å². The van der Waals surface area contributed by atoms with E-state index in [4.69, 9.17) is 34.1 Å². The van der Waals surface area contributed by atoms with Crippen LogP contribution in [0.25, 0.3) is 11.1 Å². The summed E-state index contributed by atoms with van der Waals surface area (Å²) in [5.74, 6) is 1.48. The lowest BCUT2D eigenvalue weighted by Crippen LogP contribution is -2.55. The number of ether oxygens (including phenoxy) is 2. The van der Waals surface area contributed by atoms with Gasteiger partial charge in [-0.3, -0.25) is 9.59 Å². The van der Waals surface area contributed by atoms with Crippen LogP contribution in [0.15, 0.2) is 150 Å². The molecule has 0 amide bonds. The summed E-state index contributed by atoms with van der Waals surface area (Å²) in [5.41, 5.74) is 18.5. The number of benzene rings is 7. The summed E-state index contributed by atoms with van der Waals surface area (Å²) in [5, 5.41) is 79.7. The lowest BCUT2D eigenvalue weighted by Gasteiger charge is -2.41. The Hall–Kier alpha value is -7.25. The lowest BCUT2D eigenvalue weighted by molar-refractivity contribution is -0.120. The molecule has 0 radical (unpaired) electrons. The molecule has 7 aromatic rings. The molecule has 0 aliphatic carbocycles. The molecule has 0 aromatic heterocycles. The molecule has 4 heterocycles. The minimum atomic E-state index is -0.883. The summed E-state index contributed by atoms with van der Waals surface area (Å²) in [7, 11) is 1.55. The Labute approximate surface area is 851 Å². The monoisotopic (exact) mass is 2080 g/mol. The van der Waals surface area contributed by atoms with E-state index in [0.29, 0.717) is 34.8 Å². The molecule has 0 atom stereocenters. The topological polar surface area (TPSA) is 266 Å². The van der Waals surface area contributed by atoms with Crippen molar-refractivity contribution in [2.24, 2.45) is 0 Å². The van der Waals surface area contributed by atoms with Gasteiger partial charge in [-0.1, -0.05) is 305 Å². The Balaban J connectivity index is 0.000000328. The smallest absolute Gasteiger partial charge is 0.490 e. The van der Waals surface area contributed by atoms with Gasteiger partial charge in [0, 0.05) is 76.2 Å². The van der Waals surface area contributed by atoms with Crippen molar-refractivity contribution in [3.05, 3.63) is 239 Å². The normalized spacial score (nSPS) is 17.3. The molecule has 4 aliphatic rings. The molecule has 0 unspecified atom stereocenters. The van der Waals surface area contributed by atoms with Crippen molar-refractivity contribution in [2.45, 2.75) is 408 Å². The molecule has 760 valence electrons. The molecule has 0 spiro atoms. The van der Waals surface area contributed by atoms with E-state index < -0.39 is 12.6 Å². The van der Waals surface area contributed by atoms with E-state index in [1.165, 1.54) is 44.4 Å². The minimum absolute atomic E-state index is 0.00639. The van der Waals surface area contributed by atoms with Crippen LogP contribution in [0.1, 0.15) is 395 Å². The van der Waals surface area contributed by atoms with Gasteiger partial charge in [0.05, 0.1) is 37.1 Å². The van der Waals surface area contributed by atoms with Gasteiger partial charge in [0.15, 0.2) is 5.78 Å². The van der Waals surface area contributed by atoms with Gasteiger partial charge >= 0.3 is 13.1 Å². The summed E-state index contributed by atoms with van der Waals surface area (Å²) in [6.45, 7) is 85.6. The zero-order valence-corrected chi connectivity index (χ0v) is 96.0. The number of hydrogen-bond donors (Lipinski definition) is 10. The fourth-order valence-electron chi connectivity index (χ4n) is 17.5. The van der Waals surface area contributed by atoms with E-state index >= 15 is 0 Å². The average molecular weight is 2080 g/mol. The molecular formula is C116H173BBr3N3O14. The number of ketones is 1. The molecule has 1 fully saturated rings. The van der Waals surface area contributed by atoms with Crippen LogP contribution in [-0.4, -0.2) is 119 Å². The van der Waals surface area contributed by atoms with Crippen LogP contribution < -0.4 is 25.4 Å². The second kappa shape index (κ2) is 46.9. The molecule has 17 nitrogen and oxygen atoms in total. The number of carboxylic acid groups (broad SMARTS) is 1. The number of hydrogen-bond acceptors (Lipinski definition) is 16. The van der Waals surface area contributed by atoms with Crippen LogP contribution >= 0.6 is 47.8 Å². The minimum Gasteiger partial charge on any atom is -0.507 e. The summed E-state index contributed by atoms with van der Waals surface area (Å²) in [4.78, 5) is 32.2. The number of carboxylic acids is 1. The van der Waals surface area contributed by atoms with Gasteiger partial charge in [0.25, 0.3) is 6.47 Å². The Morgan fingerprint density at radius 2 is 0.686 bits per heavy atom. The molecule has 0 bridgehead atoms. The highest BCUT2D eigenvalue weighted by Gasteiger charge is 2.54. The summed E-state index contributed by atoms with van der Waals surface area (Å²) >= 11 is 10.3. The fourth-order valence-corrected chi connectivity index (χ4v) is 18.4. The Morgan fingerprint density at radius 3 is 0.956 bits per heavy atom. The molecular weight excluding hydrogens is 1910 g/mol. The highest BCUT2D eigenvalue weighted by atomic mass is 79.9. The van der Waals surface area contributed by atoms with Gasteiger partial charge in [-0.25, -0.2) is 4.79 Å². The zero-order chi connectivity index (χ0) is 106. The van der Waals surface area contributed by atoms with Gasteiger partial charge in [0.2, 0.25) is 0 Å². The number of Topliss-reactive ketones (excluding diaryl/α,β-unsaturated/α-hetero) is 1. The third kappa shape index (κ3) is 36.9. The standard InChI is InChI=1S/C16H25BrO.C16H21NO2.C16H23NO.C15H28BNO2.C15H23BrO.C15H22O3.C15H24O2.C8H7BrO2/c1-15(2,3)12-8-11(10-17)9-13(14(12)18-7)16(4,5)6;1-15(2)9-13(10-16(3,4)17-15)11-5-7-12(8-6-11)14(18)19;1-15(2)9-14(10-16(3,4)17-15)13-7-5-12(11-18)6-8-13;1-12(2)9-11(10-13(3,4)17-12)16-18-14(5,6)15(7,8)19-16;1-14(2,3)11-7-10(9-16)8-12(13(11)17)15(4,5)6;1-14(2,3)11-7-10(18-9-16)8-12(13(11)17)15(4,5)6;1-14(2,3)11-7-10(9-16)8-12(13(11)17)15(4,5)6;9-7-3-1-6(2-4-7)8(11)5-10/h8-9H,10H2,1-7H3;5-9,17H,10H2,1-4H3,(H,18,19);5-9,17-18H,10-11H2,1-4H3;9,17H,10H2,1-8H3;7-8,17H,9H2,1-6H3;7-9,17H,1-6H3;7-8,16-17H,9H2,1-6H3;1-4,10H,5H2. The molecule has 4 aliphatic heterocycles. The van der Waals surface area contributed by atoms with E-state index in [1.807, 2.05) is 77.9 Å². The van der Waals surface area contributed by atoms with Crippen molar-refractivity contribution in [3.8, 4) is 28.7 Å². The summed E-state index contributed by atoms with van der Waals surface area (Å²) in [6.07, 6.45) is 9.71. The maximum absolute atomic E-state index is 10.9. The summed E-state index contributed by atoms with van der Waals surface area (Å²) in [6, 6.07) is 38.1. The Morgan fingerprint density at radius 1 is 0.401 bits per heavy atom. The number of halogens is 3. The zero-order valence-electron chi connectivity index (χ0n) is 91.2. The SMILES string of the molecule is CC(C)(C)c1cc(CBr)cc(C(C)(C)C)c1O.CC(C)(C)c1cc(CO)cc(C(C)(C)C)c1O.CC(C)(C)c1cc(OC=O)cc(C(C)(C)C)c1O.CC1(C)C=C(B2OC(C)(C)C(C)(C)O2)CC(C)(C)N1.CC1(C)C=C(c2ccc(C(=O)O)cc2)CC(C)(C)N1.CC1(C)C=C(c2ccc(CO)cc2)CC(C)(C)N1.COc1c(C(C)(C)C)cc(CBr)cc1C(C)(C)C.O=C(CO)c1ccc(Br)cc1. The van der Waals surface area contributed by atoms with E-state index in [1.54, 1.807) is 55.6 Å². The van der Waals surface area contributed by atoms with Gasteiger partial charge in [0.1, 0.15) is 35.4 Å². The molecule has 1 saturated heterocycles. The maximum Gasteiger partial charge on any atom is 0.490 e. The Bertz CT molecular complexity index is 5070. The number of aliphatic hydroxyl groups excluding tert-OH is 3. The van der Waals surface area contributed by atoms with Crippen molar-refractivity contribution in [1.29, 1.82) is 0 Å². The second-order valence-electron chi connectivity index (χ2n) is 50.0. The number of phenolic OH excluding ortho intramolecular Hbond substituents is 3. The van der Waals surface area contributed by atoms with Crippen molar-refractivity contribution < 1.29 is 68.9 Å². The highest BCUT2D eigenvalue weighted by molar-refractivity contribution is 9.10. The highest BCUT2D eigenvalue weighted by Crippen LogP contribution is 2.48. The predicted octanol–water partition coefficient (Wildman–Crippen LogP) is 28.2. The van der Waals surface area contributed by atoms with E-state index in [2.05, 4.69) is 354 Å². The first-order valence-corrected chi connectivity index (χ1v) is 50.9. The lowest BCUT2D eigenvalue weighted by atomic mass is 9.67. The number of nitrogens with one attached hydrogen (secondary N) is 3. The van der Waals surface area contributed by atoms with Crippen molar-refractivity contribution in [2.75, 3.05) is 13.7 Å². The van der Waals surface area contributed by atoms with Crippen LogP contribution in [0.2, 0.25) is 0 Å². The van der Waals surface area contributed by atoms with Crippen LogP contribution in [0, 0.1) is 0 Å². The number of carbonyl (C=O) groups excluding carboxylic acids is 2. The van der Waals surface area contributed by atoms with Gasteiger partial charge in [-0.2, -0.15) is 0 Å². The Kier molecular flexibility index (Phi) is 41.8. The number of aliphatic hydroxyl groups is 3. The number of alkyl halides is 2. The number of aromatic hydroxyl groups is 3. The maximum atomic E-state index is 10.9. The molecule has 11 rings (SSSR count). The van der Waals surface area contributed by atoms with Crippen molar-refractivity contribution in [3.63, 3.8) is 0 Å². The first kappa shape index (κ1) is 122. The largest absolute Gasteiger partial charge is 0.507 e. The van der Waals surface area contributed by atoms with Crippen LogP contribution in [0.4, 0.5) is 0 Å².